The minimum atomic E-state index is -1.54. The highest BCUT2D eigenvalue weighted by Crippen LogP contribution is 2.20. The van der Waals surface area contributed by atoms with E-state index in [2.05, 4.69) is 62.5 Å². The number of rotatable bonds is 16. The number of para-hydroxylation sites is 1. The maximum absolute atomic E-state index is 14.5. The van der Waals surface area contributed by atoms with Gasteiger partial charge in [0.15, 0.2) is 5.96 Å². The number of nitrogens with zero attached hydrogens (tertiary/aromatic N) is 2. The summed E-state index contributed by atoms with van der Waals surface area (Å²) in [5.41, 5.74) is 24.1. The fourth-order valence-electron chi connectivity index (χ4n) is 7.88. The Balaban J connectivity index is 0.00000162. The van der Waals surface area contributed by atoms with Gasteiger partial charge >= 0.3 is 0 Å². The summed E-state index contributed by atoms with van der Waals surface area (Å²) in [6.45, 7) is 3.80. The Morgan fingerprint density at radius 1 is 0.747 bits per heavy atom. The molecular formula is C50H72N16O9. The maximum atomic E-state index is 14.5. The first-order valence-corrected chi connectivity index (χ1v) is 24.9. The molecule has 406 valence electrons. The van der Waals surface area contributed by atoms with Gasteiger partial charge in [0.2, 0.25) is 53.2 Å². The molecule has 0 saturated carbocycles. The van der Waals surface area contributed by atoms with Crippen LogP contribution >= 0.6 is 0 Å². The smallest absolute Gasteiger partial charge is 0.243 e. The molecule has 3 unspecified atom stereocenters. The Labute approximate surface area is 434 Å². The number of benzene rings is 2. The average Bonchev–Trinajstić information content (AvgIpc) is 4.06. The number of unbranched alkanes of at least 4 members (excludes halogenated alkanes) is 1. The first kappa shape index (κ1) is 59.2. The van der Waals surface area contributed by atoms with Crippen LogP contribution in [0, 0.1) is 0 Å². The lowest BCUT2D eigenvalue weighted by atomic mass is 10.0. The van der Waals surface area contributed by atoms with E-state index in [1.807, 2.05) is 31.2 Å². The van der Waals surface area contributed by atoms with Crippen molar-refractivity contribution in [1.82, 2.24) is 57.5 Å². The van der Waals surface area contributed by atoms with Crippen molar-refractivity contribution in [2.75, 3.05) is 26.2 Å². The number of aromatic amines is 2. The second kappa shape index (κ2) is 31.3. The van der Waals surface area contributed by atoms with E-state index >= 15 is 0 Å². The topological polar surface area (TPSA) is 411 Å². The summed E-state index contributed by atoms with van der Waals surface area (Å²) in [4.78, 5) is 136. The highest BCUT2D eigenvalue weighted by atomic mass is 16.2. The van der Waals surface area contributed by atoms with Crippen molar-refractivity contribution in [2.45, 2.75) is 121 Å². The molecule has 9 amide bonds. The fourth-order valence-corrected chi connectivity index (χ4v) is 7.88. The lowest BCUT2D eigenvalue weighted by molar-refractivity contribution is -0.136. The third kappa shape index (κ3) is 21.0. The number of primary amides is 1. The maximum Gasteiger partial charge on any atom is 0.243 e. The van der Waals surface area contributed by atoms with Gasteiger partial charge in [0.1, 0.15) is 36.3 Å². The molecule has 1 aliphatic rings. The molecule has 25 nitrogen and oxygen atoms in total. The van der Waals surface area contributed by atoms with E-state index in [1.54, 1.807) is 36.5 Å². The van der Waals surface area contributed by atoms with Crippen LogP contribution in [-0.2, 0) is 62.4 Å². The molecule has 6 atom stereocenters. The summed E-state index contributed by atoms with van der Waals surface area (Å²) in [5, 5.41) is 21.9. The van der Waals surface area contributed by atoms with Crippen LogP contribution in [0.15, 0.2) is 78.3 Å². The molecule has 1 saturated heterocycles. The summed E-state index contributed by atoms with van der Waals surface area (Å²) in [7, 11) is 0. The van der Waals surface area contributed by atoms with Gasteiger partial charge in [-0.1, -0.05) is 55.5 Å². The zero-order valence-electron chi connectivity index (χ0n) is 42.4. The van der Waals surface area contributed by atoms with E-state index in [1.165, 1.54) is 19.4 Å². The molecule has 1 aliphatic heterocycles. The summed E-state index contributed by atoms with van der Waals surface area (Å²) in [6, 6.07) is 8.14. The number of aliphatic imine (C=N–C) groups is 1. The Morgan fingerprint density at radius 3 is 2.03 bits per heavy atom. The number of carbonyl (C=O) groups is 9. The minimum absolute atomic E-state index is 0.0205. The molecule has 2 aromatic heterocycles. The van der Waals surface area contributed by atoms with Gasteiger partial charge in [-0.05, 0) is 68.7 Å². The van der Waals surface area contributed by atoms with Crippen molar-refractivity contribution in [1.29, 1.82) is 0 Å². The van der Waals surface area contributed by atoms with Crippen molar-refractivity contribution >= 4 is 70.0 Å². The number of nitrogens with one attached hydrogen (secondary N) is 10. The van der Waals surface area contributed by atoms with E-state index in [9.17, 15) is 43.2 Å². The van der Waals surface area contributed by atoms with Crippen LogP contribution in [0.1, 0.15) is 82.0 Å². The Morgan fingerprint density at radius 2 is 1.39 bits per heavy atom. The van der Waals surface area contributed by atoms with Crippen LogP contribution in [0.25, 0.3) is 10.9 Å². The van der Waals surface area contributed by atoms with E-state index in [4.69, 9.17) is 22.9 Å². The van der Waals surface area contributed by atoms with Gasteiger partial charge in [-0.2, -0.15) is 0 Å². The molecule has 5 rings (SSSR count). The van der Waals surface area contributed by atoms with Crippen LogP contribution in [-0.4, -0.2) is 137 Å². The van der Waals surface area contributed by atoms with Gasteiger partial charge in [-0.3, -0.25) is 48.1 Å². The van der Waals surface area contributed by atoms with Crippen molar-refractivity contribution in [2.24, 2.45) is 27.9 Å². The number of carbonyl (C=O) groups excluding carboxylic acids is 9. The average molecular weight is 1040 g/mol. The van der Waals surface area contributed by atoms with Crippen molar-refractivity contribution in [3.8, 4) is 0 Å². The summed E-state index contributed by atoms with van der Waals surface area (Å²) < 4.78 is 0. The van der Waals surface area contributed by atoms with Gasteiger partial charge in [-0.15, -0.1) is 0 Å². The predicted molar refractivity (Wildman–Crippen MR) is 279 cm³/mol. The molecule has 3 heterocycles. The molecule has 4 aromatic rings. The standard InChI is InChI=1S/C46H61N13O9.C4H11N3/c1-27(60)51-25-40(62)54-38-22-39(61)50-18-10-8-15-33(41(48)63)55-44(66)36(20-29-23-52-32-14-6-5-13-31(29)32)58-42(64)34(16-7-9-17-47)56-43(65)35(19-28-11-3-2-4-12-28)57-45(67)37(59-46(38)68)21-30-24-49-26-53-30;1-2-3-7-4(5)6/h2-6,11-14,23-24,26,33-38,52H,7-10,15-22,25,47H2,1H3,(H2,48,63)(H,49,53)(H,50,61)(H,51,60)(H,54,62)(H,55,66)(H,56,65)(H,57,67)(H,58,64)(H,59,68);2-3H2,1H3,(H4,5,6,7)/t33?,34-,35?,36-,37-,38?;/m0./s1. The number of fused-ring (bicyclic) bond motifs is 1. The number of amides is 9. The van der Waals surface area contributed by atoms with Gasteiger partial charge in [0, 0.05) is 68.3 Å². The zero-order chi connectivity index (χ0) is 54.7. The van der Waals surface area contributed by atoms with Crippen LogP contribution < -0.4 is 65.5 Å². The van der Waals surface area contributed by atoms with E-state index < -0.39 is 102 Å². The fraction of sp³-hybridized carbons (Fsp3) is 0.460. The largest absolute Gasteiger partial charge is 0.370 e. The summed E-state index contributed by atoms with van der Waals surface area (Å²) >= 11 is 0. The monoisotopic (exact) mass is 1040 g/mol. The van der Waals surface area contributed by atoms with Crippen molar-refractivity contribution < 1.29 is 43.2 Å². The van der Waals surface area contributed by atoms with E-state index in [0.717, 1.165) is 23.9 Å². The highest BCUT2D eigenvalue weighted by molar-refractivity contribution is 5.98. The first-order valence-electron chi connectivity index (χ1n) is 24.9. The van der Waals surface area contributed by atoms with Crippen molar-refractivity contribution in [3.05, 3.63) is 90.1 Å². The van der Waals surface area contributed by atoms with E-state index in [0.29, 0.717) is 42.6 Å². The Hall–Kier alpha value is -8.35. The Kier molecular flexibility index (Phi) is 24.7. The Bertz CT molecular complexity index is 2550. The van der Waals surface area contributed by atoms with Crippen LogP contribution in [0.4, 0.5) is 0 Å². The summed E-state index contributed by atoms with van der Waals surface area (Å²) in [5.74, 6) is -6.60. The SMILES string of the molecule is CC(=O)NCC(=O)NC1CC(=O)NCCCCC(C(N)=O)NC(=O)[C@H](Cc2c[nH]c3ccccc23)NC(=O)[C@H](CCCCN)NC(=O)C(Cc2ccccc2)NC(=O)[C@H](Cc2cnc[nH]2)NC1=O.CCCN=C(N)N. The molecule has 0 radical (unpaired) electrons. The second-order valence-corrected chi connectivity index (χ2v) is 17.9. The number of hydrogen-bond acceptors (Lipinski definition) is 12. The zero-order valence-corrected chi connectivity index (χ0v) is 42.4. The van der Waals surface area contributed by atoms with Crippen LogP contribution in [0.5, 0.6) is 0 Å². The molecule has 25 heteroatoms. The van der Waals surface area contributed by atoms with Crippen LogP contribution in [0.2, 0.25) is 0 Å². The van der Waals surface area contributed by atoms with Crippen LogP contribution in [0.3, 0.4) is 0 Å². The lowest BCUT2D eigenvalue weighted by Crippen LogP contribution is -2.60. The van der Waals surface area contributed by atoms with Gasteiger partial charge in [0.25, 0.3) is 0 Å². The van der Waals surface area contributed by atoms with Gasteiger partial charge < -0.3 is 75.4 Å². The molecular weight excluding hydrogens is 969 g/mol. The summed E-state index contributed by atoms with van der Waals surface area (Å²) in [6.07, 6.45) is 6.30. The number of nitrogens with two attached hydrogens (primary N) is 4. The van der Waals surface area contributed by atoms with E-state index in [-0.39, 0.29) is 51.0 Å². The first-order chi connectivity index (χ1) is 36.0. The minimum Gasteiger partial charge on any atom is -0.370 e. The predicted octanol–water partition coefficient (Wildman–Crippen LogP) is -2.06. The normalized spacial score (nSPS) is 20.5. The third-order valence-corrected chi connectivity index (χ3v) is 11.8. The molecule has 2 aromatic carbocycles. The molecule has 1 fully saturated rings. The molecule has 0 aliphatic carbocycles. The number of H-pyrrole nitrogens is 2. The van der Waals surface area contributed by atoms with Gasteiger partial charge in [-0.25, -0.2) is 4.98 Å². The molecule has 75 heavy (non-hydrogen) atoms. The van der Waals surface area contributed by atoms with Gasteiger partial charge in [0.05, 0.1) is 19.3 Å². The molecule has 18 N–H and O–H groups in total. The number of imidazole rings is 1. The third-order valence-electron chi connectivity index (χ3n) is 11.8. The number of aromatic nitrogens is 3. The van der Waals surface area contributed by atoms with Crippen molar-refractivity contribution in [3.63, 3.8) is 0 Å². The highest BCUT2D eigenvalue weighted by Gasteiger charge is 2.34. The second-order valence-electron chi connectivity index (χ2n) is 17.9. The molecule has 0 spiro atoms. The lowest BCUT2D eigenvalue weighted by Gasteiger charge is -2.27. The number of guanidine groups is 1. The molecule has 0 bridgehead atoms. The quantitative estimate of drug-likeness (QED) is 0.0327. The number of hydrogen-bond donors (Lipinski definition) is 14.